The number of nitrogen functional groups attached to an aromatic ring is 1. The Bertz CT molecular complexity index is 683. The molecule has 1 unspecified atom stereocenters. The molecule has 2 aliphatic rings. The van der Waals surface area contributed by atoms with E-state index in [1.807, 2.05) is 26.8 Å². The van der Waals surface area contributed by atoms with Gasteiger partial charge in [-0.2, -0.15) is 4.98 Å². The first kappa shape index (κ1) is 14.8. The summed E-state index contributed by atoms with van der Waals surface area (Å²) < 4.78 is 5.94. The van der Waals surface area contributed by atoms with Crippen LogP contribution in [-0.4, -0.2) is 34.1 Å². The van der Waals surface area contributed by atoms with Gasteiger partial charge in [0.25, 0.3) is 0 Å². The van der Waals surface area contributed by atoms with Crippen molar-refractivity contribution >= 4 is 22.7 Å². The largest absolute Gasteiger partial charge is 0.475 e. The van der Waals surface area contributed by atoms with Crippen LogP contribution in [-0.2, 0) is 0 Å². The van der Waals surface area contributed by atoms with Gasteiger partial charge in [-0.05, 0) is 32.3 Å². The summed E-state index contributed by atoms with van der Waals surface area (Å²) >= 11 is 0. The molecule has 0 amide bonds. The maximum atomic E-state index is 5.94. The van der Waals surface area contributed by atoms with Gasteiger partial charge in [-0.15, -0.1) is 0 Å². The molecule has 6 nitrogen and oxygen atoms in total. The monoisotopic (exact) mass is 301 g/mol. The Balaban J connectivity index is 0.000000693. The van der Waals surface area contributed by atoms with Crippen molar-refractivity contribution in [3.05, 3.63) is 11.8 Å². The number of pyridine rings is 1. The zero-order valence-corrected chi connectivity index (χ0v) is 13.5. The molecule has 4 rings (SSSR count). The first-order valence-corrected chi connectivity index (χ1v) is 8.06. The molecular formula is C16H23N5O. The van der Waals surface area contributed by atoms with Crippen molar-refractivity contribution in [1.82, 2.24) is 15.0 Å². The number of aryl methyl sites for hydroxylation is 1. The summed E-state index contributed by atoms with van der Waals surface area (Å²) in [6, 6.07) is 2.30. The number of hydrogen-bond donors (Lipinski definition) is 1. The smallest absolute Gasteiger partial charge is 0.227 e. The van der Waals surface area contributed by atoms with Gasteiger partial charge in [-0.25, -0.2) is 9.97 Å². The van der Waals surface area contributed by atoms with Crippen LogP contribution >= 0.6 is 0 Å². The molecule has 2 aromatic heterocycles. The lowest BCUT2D eigenvalue weighted by Crippen LogP contribution is -2.42. The van der Waals surface area contributed by atoms with Crippen molar-refractivity contribution in [2.24, 2.45) is 0 Å². The van der Waals surface area contributed by atoms with E-state index in [-0.39, 0.29) is 0 Å². The maximum absolute atomic E-state index is 5.94. The highest BCUT2D eigenvalue weighted by molar-refractivity contribution is 5.95. The molecule has 2 N–H and O–H groups in total. The zero-order valence-electron chi connectivity index (χ0n) is 13.5. The number of nitrogens with two attached hydrogens (primary N) is 1. The van der Waals surface area contributed by atoms with Crippen molar-refractivity contribution in [2.75, 3.05) is 23.8 Å². The SMILES string of the molecule is CC.Cc1cc2nc(N)nc3c2c(n1)OCC1CCCCN31. The number of fused-ring (bicyclic) bond motifs is 2. The Morgan fingerprint density at radius 1 is 1.23 bits per heavy atom. The third kappa shape index (κ3) is 2.42. The lowest BCUT2D eigenvalue weighted by Gasteiger charge is -2.34. The summed E-state index contributed by atoms with van der Waals surface area (Å²) in [6.07, 6.45) is 3.53. The number of ether oxygens (including phenoxy) is 1. The Morgan fingerprint density at radius 3 is 2.86 bits per heavy atom. The third-order valence-corrected chi connectivity index (χ3v) is 4.08. The number of nitrogens with zero attached hydrogens (tertiary/aromatic N) is 4. The molecule has 0 spiro atoms. The number of aromatic nitrogens is 3. The van der Waals surface area contributed by atoms with Crippen molar-refractivity contribution in [2.45, 2.75) is 46.1 Å². The van der Waals surface area contributed by atoms with Gasteiger partial charge in [0.05, 0.1) is 11.6 Å². The first-order chi connectivity index (χ1) is 10.7. The number of rotatable bonds is 0. The topological polar surface area (TPSA) is 77.2 Å². The summed E-state index contributed by atoms with van der Waals surface area (Å²) in [4.78, 5) is 15.6. The second kappa shape index (κ2) is 5.94. The highest BCUT2D eigenvalue weighted by Gasteiger charge is 2.31. The fourth-order valence-electron chi connectivity index (χ4n) is 3.18. The molecule has 1 atom stereocenters. The molecule has 2 aromatic rings. The minimum absolute atomic E-state index is 0.315. The van der Waals surface area contributed by atoms with Crippen molar-refractivity contribution < 1.29 is 4.74 Å². The highest BCUT2D eigenvalue weighted by atomic mass is 16.5. The Kier molecular flexibility index (Phi) is 4.00. The Labute approximate surface area is 130 Å². The van der Waals surface area contributed by atoms with Crippen LogP contribution in [0.25, 0.3) is 10.9 Å². The van der Waals surface area contributed by atoms with Gasteiger partial charge in [-0.1, -0.05) is 13.8 Å². The minimum atomic E-state index is 0.315. The summed E-state index contributed by atoms with van der Waals surface area (Å²) in [7, 11) is 0. The summed E-state index contributed by atoms with van der Waals surface area (Å²) in [5, 5.41) is 0.897. The van der Waals surface area contributed by atoms with E-state index < -0.39 is 0 Å². The van der Waals surface area contributed by atoms with Crippen molar-refractivity contribution in [3.63, 3.8) is 0 Å². The second-order valence-corrected chi connectivity index (χ2v) is 5.52. The van der Waals surface area contributed by atoms with Gasteiger partial charge in [0.2, 0.25) is 11.8 Å². The van der Waals surface area contributed by atoms with Crippen LogP contribution in [0.4, 0.5) is 11.8 Å². The van der Waals surface area contributed by atoms with E-state index in [2.05, 4.69) is 19.9 Å². The minimum Gasteiger partial charge on any atom is -0.475 e. The molecule has 22 heavy (non-hydrogen) atoms. The van der Waals surface area contributed by atoms with E-state index in [4.69, 9.17) is 10.5 Å². The Hall–Kier alpha value is -2.11. The predicted octanol–water partition coefficient (Wildman–Crippen LogP) is 2.69. The summed E-state index contributed by atoms with van der Waals surface area (Å²) in [6.45, 7) is 7.59. The lowest BCUT2D eigenvalue weighted by molar-refractivity contribution is 0.259. The van der Waals surface area contributed by atoms with E-state index in [1.54, 1.807) is 0 Å². The van der Waals surface area contributed by atoms with E-state index in [0.29, 0.717) is 24.5 Å². The van der Waals surface area contributed by atoms with Crippen LogP contribution in [0, 0.1) is 6.92 Å². The quantitative estimate of drug-likeness (QED) is 0.806. The molecule has 1 saturated heterocycles. The summed E-state index contributed by atoms with van der Waals surface area (Å²) in [5.41, 5.74) is 7.59. The Morgan fingerprint density at radius 2 is 2.05 bits per heavy atom. The van der Waals surface area contributed by atoms with Crippen LogP contribution in [0.5, 0.6) is 5.88 Å². The molecule has 0 radical (unpaired) electrons. The van der Waals surface area contributed by atoms with Gasteiger partial charge in [-0.3, -0.25) is 0 Å². The van der Waals surface area contributed by atoms with Crippen molar-refractivity contribution in [1.29, 1.82) is 0 Å². The molecule has 0 aliphatic carbocycles. The second-order valence-electron chi connectivity index (χ2n) is 5.52. The van der Waals surface area contributed by atoms with Gasteiger partial charge in [0, 0.05) is 12.2 Å². The fraction of sp³-hybridized carbons (Fsp3) is 0.562. The zero-order chi connectivity index (χ0) is 15.7. The molecule has 1 fully saturated rings. The van der Waals surface area contributed by atoms with E-state index in [1.165, 1.54) is 12.8 Å². The molecule has 4 heterocycles. The maximum Gasteiger partial charge on any atom is 0.227 e. The fourth-order valence-corrected chi connectivity index (χ4v) is 3.18. The molecule has 118 valence electrons. The van der Waals surface area contributed by atoms with Crippen LogP contribution in [0.3, 0.4) is 0 Å². The third-order valence-electron chi connectivity index (χ3n) is 4.08. The van der Waals surface area contributed by atoms with Crippen molar-refractivity contribution in [3.8, 4) is 5.88 Å². The van der Waals surface area contributed by atoms with Crippen LogP contribution in [0.2, 0.25) is 0 Å². The molecule has 6 heteroatoms. The molecule has 2 aliphatic heterocycles. The van der Waals surface area contributed by atoms with Gasteiger partial charge >= 0.3 is 0 Å². The first-order valence-electron chi connectivity index (χ1n) is 8.06. The average Bonchev–Trinajstić information content (AvgIpc) is 2.68. The molecule has 0 saturated carbocycles. The standard InChI is InChI=1S/C14H17N5O.C2H6/c1-8-6-10-11-12(18-14(15)17-10)19-5-3-2-4-9(19)7-20-13(11)16-8;1-2/h6,9H,2-5,7H2,1H3,(H2,15,17,18);1-2H3. The van der Waals surface area contributed by atoms with Crippen LogP contribution < -0.4 is 15.4 Å². The molecule has 0 aromatic carbocycles. The average molecular weight is 301 g/mol. The van der Waals surface area contributed by atoms with Gasteiger partial charge < -0.3 is 15.4 Å². The molecule has 0 bridgehead atoms. The van der Waals surface area contributed by atoms with Gasteiger partial charge in [0.15, 0.2) is 0 Å². The van der Waals surface area contributed by atoms with Crippen LogP contribution in [0.1, 0.15) is 38.8 Å². The number of hydrogen-bond acceptors (Lipinski definition) is 6. The van der Waals surface area contributed by atoms with E-state index >= 15 is 0 Å². The van der Waals surface area contributed by atoms with E-state index in [9.17, 15) is 0 Å². The predicted molar refractivity (Wildman–Crippen MR) is 88.3 cm³/mol. The van der Waals surface area contributed by atoms with E-state index in [0.717, 1.165) is 35.4 Å². The number of piperidine rings is 1. The number of anilines is 2. The summed E-state index contributed by atoms with van der Waals surface area (Å²) in [5.74, 6) is 1.84. The highest BCUT2D eigenvalue weighted by Crippen LogP contribution is 2.37. The van der Waals surface area contributed by atoms with Crippen LogP contribution in [0.15, 0.2) is 6.07 Å². The molecular weight excluding hydrogens is 278 g/mol. The lowest BCUT2D eigenvalue weighted by atomic mass is 10.0. The normalized spacial score (nSPS) is 19.6. The van der Waals surface area contributed by atoms with Gasteiger partial charge in [0.1, 0.15) is 17.8 Å².